The molecule has 0 saturated carbocycles. The van der Waals surface area contributed by atoms with Gasteiger partial charge < -0.3 is 10.8 Å². The molecule has 0 radical (unpaired) electrons. The second-order valence-electron chi connectivity index (χ2n) is 3.60. The predicted molar refractivity (Wildman–Crippen MR) is 67.9 cm³/mol. The lowest BCUT2D eigenvalue weighted by Gasteiger charge is -2.10. The van der Waals surface area contributed by atoms with Crippen molar-refractivity contribution in [3.8, 4) is 11.1 Å². The lowest BCUT2D eigenvalue weighted by atomic mass is 10.0. The van der Waals surface area contributed by atoms with Gasteiger partial charge in [-0.1, -0.05) is 30.3 Å². The lowest BCUT2D eigenvalue weighted by molar-refractivity contribution is 0.210. The van der Waals surface area contributed by atoms with Gasteiger partial charge in [-0.25, -0.2) is 4.79 Å². The fourth-order valence-corrected chi connectivity index (χ4v) is 1.64. The fraction of sp³-hybridized carbons (Fsp3) is 0. The van der Waals surface area contributed by atoms with E-state index in [9.17, 15) is 4.79 Å². The van der Waals surface area contributed by atoms with Gasteiger partial charge in [0.25, 0.3) is 0 Å². The Kier molecular flexibility index (Phi) is 2.96. The van der Waals surface area contributed by atoms with Crippen LogP contribution in [0.25, 0.3) is 11.1 Å². The number of amides is 1. The zero-order chi connectivity index (χ0) is 12.3. The number of hydrogen-bond acceptors (Lipinski definition) is 2. The van der Waals surface area contributed by atoms with Crippen LogP contribution >= 0.6 is 0 Å². The third-order valence-corrected chi connectivity index (χ3v) is 2.37. The topological polar surface area (TPSA) is 75.3 Å². The van der Waals surface area contributed by atoms with E-state index in [1.807, 2.05) is 30.3 Å². The van der Waals surface area contributed by atoms with E-state index >= 15 is 0 Å². The number of hydrogen-bond donors (Lipinski definition) is 3. The Morgan fingerprint density at radius 3 is 2.47 bits per heavy atom. The van der Waals surface area contributed by atoms with Crippen LogP contribution in [0.15, 0.2) is 48.5 Å². The molecule has 0 aliphatic heterocycles. The molecule has 4 heteroatoms. The van der Waals surface area contributed by atoms with Gasteiger partial charge in [-0.3, -0.25) is 5.32 Å². The predicted octanol–water partition coefficient (Wildman–Crippen LogP) is 3.03. The molecule has 4 nitrogen and oxygen atoms in total. The first-order chi connectivity index (χ1) is 8.16. The van der Waals surface area contributed by atoms with Crippen LogP contribution in [0.3, 0.4) is 0 Å². The largest absolute Gasteiger partial charge is 0.465 e. The molecule has 4 N–H and O–H groups in total. The maximum Gasteiger partial charge on any atom is 0.409 e. The first-order valence-electron chi connectivity index (χ1n) is 5.12. The molecule has 0 spiro atoms. The summed E-state index contributed by atoms with van der Waals surface area (Å²) in [6.45, 7) is 0. The Hall–Kier alpha value is -2.49. The second-order valence-corrected chi connectivity index (χ2v) is 3.60. The van der Waals surface area contributed by atoms with Crippen LogP contribution in [0.2, 0.25) is 0 Å². The Balaban J connectivity index is 2.51. The zero-order valence-corrected chi connectivity index (χ0v) is 9.05. The molecule has 0 aromatic heterocycles. The number of nitrogen functional groups attached to an aromatic ring is 1. The molecule has 0 unspecified atom stereocenters. The summed E-state index contributed by atoms with van der Waals surface area (Å²) in [6.07, 6.45) is -1.09. The van der Waals surface area contributed by atoms with Gasteiger partial charge in [-0.05, 0) is 23.8 Å². The van der Waals surface area contributed by atoms with Gasteiger partial charge >= 0.3 is 6.09 Å². The maximum atomic E-state index is 10.7. The summed E-state index contributed by atoms with van der Waals surface area (Å²) in [4.78, 5) is 10.7. The van der Waals surface area contributed by atoms with Gasteiger partial charge in [-0.15, -0.1) is 0 Å². The third kappa shape index (κ3) is 2.55. The summed E-state index contributed by atoms with van der Waals surface area (Å²) in [5.74, 6) is 0. The molecular formula is C13H12N2O2. The van der Waals surface area contributed by atoms with E-state index in [-0.39, 0.29) is 0 Å². The molecule has 0 atom stereocenters. The maximum absolute atomic E-state index is 10.7. The van der Waals surface area contributed by atoms with Gasteiger partial charge in [0, 0.05) is 11.3 Å². The zero-order valence-electron chi connectivity index (χ0n) is 9.05. The number of benzene rings is 2. The minimum absolute atomic E-state index is 0.526. The molecule has 0 fully saturated rings. The van der Waals surface area contributed by atoms with Crippen LogP contribution in [0.4, 0.5) is 16.2 Å². The Morgan fingerprint density at radius 1 is 1.12 bits per heavy atom. The smallest absolute Gasteiger partial charge is 0.409 e. The van der Waals surface area contributed by atoms with Crippen molar-refractivity contribution in [2.45, 2.75) is 0 Å². The van der Waals surface area contributed by atoms with E-state index in [0.717, 1.165) is 11.1 Å². The number of carboxylic acid groups (broad SMARTS) is 1. The molecule has 0 saturated heterocycles. The van der Waals surface area contributed by atoms with Crippen molar-refractivity contribution < 1.29 is 9.90 Å². The van der Waals surface area contributed by atoms with E-state index in [2.05, 4.69) is 5.32 Å². The Bertz CT molecular complexity index is 538. The van der Waals surface area contributed by atoms with Gasteiger partial charge in [0.2, 0.25) is 0 Å². The van der Waals surface area contributed by atoms with Crippen molar-refractivity contribution in [2.24, 2.45) is 0 Å². The summed E-state index contributed by atoms with van der Waals surface area (Å²) in [7, 11) is 0. The van der Waals surface area contributed by atoms with Crippen LogP contribution in [-0.2, 0) is 0 Å². The number of anilines is 2. The monoisotopic (exact) mass is 228 g/mol. The molecule has 0 heterocycles. The van der Waals surface area contributed by atoms with E-state index < -0.39 is 6.09 Å². The normalized spacial score (nSPS) is 9.88. The summed E-state index contributed by atoms with van der Waals surface area (Å²) in [5, 5.41) is 11.1. The number of nitrogens with one attached hydrogen (secondary N) is 1. The van der Waals surface area contributed by atoms with Gasteiger partial charge in [-0.2, -0.15) is 0 Å². The summed E-state index contributed by atoms with van der Waals surface area (Å²) >= 11 is 0. The molecule has 1 amide bonds. The molecule has 0 bridgehead atoms. The molecule has 2 rings (SSSR count). The van der Waals surface area contributed by atoms with E-state index in [1.54, 1.807) is 18.2 Å². The third-order valence-electron chi connectivity index (χ3n) is 2.37. The van der Waals surface area contributed by atoms with Gasteiger partial charge in [0.15, 0.2) is 0 Å². The number of nitrogens with two attached hydrogens (primary N) is 1. The second kappa shape index (κ2) is 4.57. The van der Waals surface area contributed by atoms with Gasteiger partial charge in [0.1, 0.15) is 0 Å². The standard InChI is InChI=1S/C13H12N2O2/c14-10-6-7-12(15-13(16)17)11(8-10)9-4-2-1-3-5-9/h1-8,15H,14H2,(H,16,17). The molecule has 0 aliphatic rings. The van der Waals surface area contributed by atoms with Crippen LogP contribution < -0.4 is 11.1 Å². The molecule has 0 aliphatic carbocycles. The molecular weight excluding hydrogens is 216 g/mol. The Labute approximate surface area is 98.7 Å². The average molecular weight is 228 g/mol. The van der Waals surface area contributed by atoms with Crippen molar-refractivity contribution in [2.75, 3.05) is 11.1 Å². The SMILES string of the molecule is Nc1ccc(NC(=O)O)c(-c2ccccc2)c1. The molecule has 2 aromatic rings. The molecule has 86 valence electrons. The van der Waals surface area contributed by atoms with Crippen molar-refractivity contribution in [3.05, 3.63) is 48.5 Å². The van der Waals surface area contributed by atoms with E-state index in [1.165, 1.54) is 0 Å². The highest BCUT2D eigenvalue weighted by atomic mass is 16.4. The van der Waals surface area contributed by atoms with Crippen molar-refractivity contribution in [1.82, 2.24) is 0 Å². The minimum atomic E-state index is -1.09. The quantitative estimate of drug-likeness (QED) is 0.691. The van der Waals surface area contributed by atoms with E-state index in [0.29, 0.717) is 11.4 Å². The van der Waals surface area contributed by atoms with Gasteiger partial charge in [0.05, 0.1) is 5.69 Å². The van der Waals surface area contributed by atoms with Crippen LogP contribution in [-0.4, -0.2) is 11.2 Å². The van der Waals surface area contributed by atoms with Crippen molar-refractivity contribution >= 4 is 17.5 Å². The fourth-order valence-electron chi connectivity index (χ4n) is 1.64. The molecule has 17 heavy (non-hydrogen) atoms. The Morgan fingerprint density at radius 2 is 1.82 bits per heavy atom. The van der Waals surface area contributed by atoms with Crippen LogP contribution in [0.1, 0.15) is 0 Å². The summed E-state index contributed by atoms with van der Waals surface area (Å²) in [5.41, 5.74) is 8.53. The highest BCUT2D eigenvalue weighted by Crippen LogP contribution is 2.29. The van der Waals surface area contributed by atoms with Crippen molar-refractivity contribution in [1.29, 1.82) is 0 Å². The number of carbonyl (C=O) groups is 1. The molecule has 2 aromatic carbocycles. The van der Waals surface area contributed by atoms with Crippen LogP contribution in [0, 0.1) is 0 Å². The number of rotatable bonds is 2. The lowest BCUT2D eigenvalue weighted by Crippen LogP contribution is -2.08. The van der Waals surface area contributed by atoms with Crippen LogP contribution in [0.5, 0.6) is 0 Å². The highest BCUT2D eigenvalue weighted by molar-refractivity contribution is 5.91. The summed E-state index contributed by atoms with van der Waals surface area (Å²) < 4.78 is 0. The summed E-state index contributed by atoms with van der Waals surface area (Å²) in [6, 6.07) is 14.6. The first kappa shape index (κ1) is 11.0. The minimum Gasteiger partial charge on any atom is -0.465 e. The van der Waals surface area contributed by atoms with Crippen molar-refractivity contribution in [3.63, 3.8) is 0 Å². The van der Waals surface area contributed by atoms with E-state index in [4.69, 9.17) is 10.8 Å². The highest BCUT2D eigenvalue weighted by Gasteiger charge is 2.07. The average Bonchev–Trinajstić information content (AvgIpc) is 2.32. The first-order valence-corrected chi connectivity index (χ1v) is 5.12.